The molecule has 18 heavy (non-hydrogen) atoms. The molecule has 86 valence electrons. The van der Waals surface area contributed by atoms with Crippen molar-refractivity contribution in [2.24, 2.45) is 0 Å². The molecule has 0 aliphatic heterocycles. The number of hydrogen-bond donors (Lipinski definition) is 0. The average molecular weight is 250 g/mol. The number of nitrogens with zero attached hydrogens (tertiary/aromatic N) is 2. The summed E-state index contributed by atoms with van der Waals surface area (Å²) >= 11 is 1.72. The first-order chi connectivity index (χ1) is 8.93. The molecule has 2 heterocycles. The molecule has 2 aromatic heterocycles. The second-order valence-electron chi connectivity index (χ2n) is 4.22. The number of fused-ring (bicyclic) bond motifs is 2. The largest absolute Gasteiger partial charge is 0.232 e. The van der Waals surface area contributed by atoms with E-state index >= 15 is 0 Å². The summed E-state index contributed by atoms with van der Waals surface area (Å²) < 4.78 is 3.25. The van der Waals surface area contributed by atoms with Crippen LogP contribution in [-0.4, -0.2) is 9.78 Å². The van der Waals surface area contributed by atoms with Crippen LogP contribution in [0.25, 0.3) is 26.7 Å². The maximum Gasteiger partial charge on any atom is 0.0849 e. The monoisotopic (exact) mass is 250 g/mol. The number of aromatic nitrogens is 2. The Morgan fingerprint density at radius 3 is 2.83 bits per heavy atom. The summed E-state index contributed by atoms with van der Waals surface area (Å²) in [5.41, 5.74) is 2.32. The van der Waals surface area contributed by atoms with Crippen molar-refractivity contribution < 1.29 is 0 Å². The van der Waals surface area contributed by atoms with Crippen LogP contribution in [0.5, 0.6) is 0 Å². The maximum atomic E-state index is 4.50. The Morgan fingerprint density at radius 1 is 0.944 bits per heavy atom. The van der Waals surface area contributed by atoms with E-state index in [1.165, 1.54) is 21.0 Å². The van der Waals surface area contributed by atoms with Gasteiger partial charge in [0.1, 0.15) is 0 Å². The molecule has 0 N–H and O–H groups in total. The van der Waals surface area contributed by atoms with Crippen molar-refractivity contribution in [3.8, 4) is 5.69 Å². The van der Waals surface area contributed by atoms with Gasteiger partial charge >= 0.3 is 0 Å². The highest BCUT2D eigenvalue weighted by Gasteiger charge is 2.08. The molecule has 0 spiro atoms. The first kappa shape index (κ1) is 9.85. The lowest BCUT2D eigenvalue weighted by atomic mass is 10.1. The van der Waals surface area contributed by atoms with E-state index in [-0.39, 0.29) is 0 Å². The molecule has 0 amide bonds. The topological polar surface area (TPSA) is 17.8 Å². The summed E-state index contributed by atoms with van der Waals surface area (Å²) in [6, 6.07) is 16.9. The van der Waals surface area contributed by atoms with E-state index in [1.807, 2.05) is 10.9 Å². The molecule has 3 heteroatoms. The molecule has 0 aliphatic carbocycles. The number of thiophene rings is 1. The van der Waals surface area contributed by atoms with Gasteiger partial charge in [0.2, 0.25) is 0 Å². The van der Waals surface area contributed by atoms with E-state index in [4.69, 9.17) is 0 Å². The highest BCUT2D eigenvalue weighted by atomic mass is 32.1. The third-order valence-corrected chi connectivity index (χ3v) is 4.03. The Bertz CT molecular complexity index is 836. The number of rotatable bonds is 1. The van der Waals surface area contributed by atoms with Crippen LogP contribution in [-0.2, 0) is 0 Å². The van der Waals surface area contributed by atoms with Crippen LogP contribution in [0.1, 0.15) is 0 Å². The Labute approximate surface area is 108 Å². The first-order valence-corrected chi connectivity index (χ1v) is 6.71. The van der Waals surface area contributed by atoms with Crippen molar-refractivity contribution in [1.82, 2.24) is 9.78 Å². The molecule has 0 aliphatic rings. The first-order valence-electron chi connectivity index (χ1n) is 5.83. The van der Waals surface area contributed by atoms with Crippen LogP contribution in [0.2, 0.25) is 0 Å². The molecule has 0 unspecified atom stereocenters. The quantitative estimate of drug-likeness (QED) is 0.494. The molecule has 0 atom stereocenters. The number of hydrogen-bond acceptors (Lipinski definition) is 2. The molecule has 2 aromatic carbocycles. The van der Waals surface area contributed by atoms with Gasteiger partial charge in [-0.1, -0.05) is 36.4 Å². The smallest absolute Gasteiger partial charge is 0.0849 e. The van der Waals surface area contributed by atoms with Gasteiger partial charge in [0, 0.05) is 5.39 Å². The minimum absolute atomic E-state index is 1.14. The molecule has 4 rings (SSSR count). The van der Waals surface area contributed by atoms with E-state index < -0.39 is 0 Å². The van der Waals surface area contributed by atoms with Gasteiger partial charge < -0.3 is 0 Å². The Hall–Kier alpha value is -2.13. The summed E-state index contributed by atoms with van der Waals surface area (Å²) in [7, 11) is 0. The van der Waals surface area contributed by atoms with Crippen molar-refractivity contribution in [2.45, 2.75) is 0 Å². The molecule has 0 radical (unpaired) electrons. The average Bonchev–Trinajstić information content (AvgIpc) is 3.01. The predicted octanol–water partition coefficient (Wildman–Crippen LogP) is 4.24. The Kier molecular flexibility index (Phi) is 2.02. The highest BCUT2D eigenvalue weighted by Crippen LogP contribution is 2.27. The van der Waals surface area contributed by atoms with Gasteiger partial charge in [0.05, 0.1) is 22.1 Å². The van der Waals surface area contributed by atoms with Crippen LogP contribution in [0.15, 0.2) is 60.1 Å². The van der Waals surface area contributed by atoms with Crippen LogP contribution in [0.3, 0.4) is 0 Å². The van der Waals surface area contributed by atoms with Crippen molar-refractivity contribution >= 4 is 32.3 Å². The summed E-state index contributed by atoms with van der Waals surface area (Å²) in [6.45, 7) is 0. The Morgan fingerprint density at radius 2 is 1.83 bits per heavy atom. The SMILES string of the molecule is c1ccc2c(-n3ncc4sccc43)cccc2c1. The summed E-state index contributed by atoms with van der Waals surface area (Å²) in [4.78, 5) is 0. The van der Waals surface area contributed by atoms with Gasteiger partial charge in [-0.3, -0.25) is 0 Å². The molecule has 0 bridgehead atoms. The van der Waals surface area contributed by atoms with Crippen molar-refractivity contribution in [3.05, 3.63) is 60.1 Å². The normalized spacial score (nSPS) is 11.3. The summed E-state index contributed by atoms with van der Waals surface area (Å²) in [5, 5.41) is 9.08. The fourth-order valence-corrected chi connectivity index (χ4v) is 3.07. The van der Waals surface area contributed by atoms with Crippen molar-refractivity contribution in [3.63, 3.8) is 0 Å². The summed E-state index contributed by atoms with van der Waals surface area (Å²) in [5.74, 6) is 0. The van der Waals surface area contributed by atoms with Gasteiger partial charge in [-0.25, -0.2) is 4.68 Å². The van der Waals surface area contributed by atoms with Crippen LogP contribution < -0.4 is 0 Å². The van der Waals surface area contributed by atoms with Crippen LogP contribution in [0.4, 0.5) is 0 Å². The third-order valence-electron chi connectivity index (χ3n) is 3.19. The van der Waals surface area contributed by atoms with Crippen molar-refractivity contribution in [2.75, 3.05) is 0 Å². The lowest BCUT2D eigenvalue weighted by molar-refractivity contribution is 0.918. The standard InChI is InChI=1S/C15H10N2S/c1-2-6-12-11(4-1)5-3-7-13(12)17-14-8-9-18-15(14)10-16-17/h1-10H. The second kappa shape index (κ2) is 3.68. The van der Waals surface area contributed by atoms with Gasteiger partial charge in [-0.15, -0.1) is 11.3 Å². The summed E-state index contributed by atoms with van der Waals surface area (Å²) in [6.07, 6.45) is 1.93. The zero-order valence-corrected chi connectivity index (χ0v) is 10.4. The maximum absolute atomic E-state index is 4.50. The second-order valence-corrected chi connectivity index (χ2v) is 5.17. The minimum atomic E-state index is 1.14. The zero-order chi connectivity index (χ0) is 11.9. The molecular weight excluding hydrogens is 240 g/mol. The van der Waals surface area contributed by atoms with Gasteiger partial charge in [0.15, 0.2) is 0 Å². The molecular formula is C15H10N2S. The third kappa shape index (κ3) is 1.31. The van der Waals surface area contributed by atoms with Gasteiger partial charge in [-0.2, -0.15) is 5.10 Å². The van der Waals surface area contributed by atoms with Gasteiger partial charge in [-0.05, 0) is 22.9 Å². The predicted molar refractivity (Wildman–Crippen MR) is 76.5 cm³/mol. The van der Waals surface area contributed by atoms with E-state index in [2.05, 4.69) is 59.0 Å². The van der Waals surface area contributed by atoms with Crippen LogP contribution in [0, 0.1) is 0 Å². The molecule has 4 aromatic rings. The van der Waals surface area contributed by atoms with Crippen LogP contribution >= 0.6 is 11.3 Å². The highest BCUT2D eigenvalue weighted by molar-refractivity contribution is 7.17. The molecule has 0 saturated heterocycles. The zero-order valence-electron chi connectivity index (χ0n) is 9.58. The Balaban J connectivity index is 2.11. The van der Waals surface area contributed by atoms with E-state index in [9.17, 15) is 0 Å². The fraction of sp³-hybridized carbons (Fsp3) is 0. The van der Waals surface area contributed by atoms with E-state index in [0.29, 0.717) is 0 Å². The van der Waals surface area contributed by atoms with E-state index in [0.717, 1.165) is 5.69 Å². The molecule has 2 nitrogen and oxygen atoms in total. The lowest BCUT2D eigenvalue weighted by Gasteiger charge is -2.06. The fourth-order valence-electron chi connectivity index (χ4n) is 2.34. The van der Waals surface area contributed by atoms with Crippen molar-refractivity contribution in [1.29, 1.82) is 0 Å². The van der Waals surface area contributed by atoms with E-state index in [1.54, 1.807) is 11.3 Å². The van der Waals surface area contributed by atoms with Gasteiger partial charge in [0.25, 0.3) is 0 Å². The minimum Gasteiger partial charge on any atom is -0.232 e. The molecule has 0 saturated carbocycles. The molecule has 0 fully saturated rings. The lowest BCUT2D eigenvalue weighted by Crippen LogP contribution is -1.96. The number of benzene rings is 2.